The molecule has 0 bridgehead atoms. The Bertz CT molecular complexity index is 547. The van der Waals surface area contributed by atoms with Crippen molar-refractivity contribution in [2.24, 2.45) is 7.05 Å². The van der Waals surface area contributed by atoms with Crippen LogP contribution in [0.15, 0.2) is 36.7 Å². The van der Waals surface area contributed by atoms with E-state index < -0.39 is 0 Å². The highest BCUT2D eigenvalue weighted by Gasteiger charge is 2.05. The molecule has 94 valence electrons. The molecule has 2 aromatic rings. The minimum Gasteiger partial charge on any atom is -0.399 e. The number of amides is 1. The van der Waals surface area contributed by atoms with E-state index in [0.717, 1.165) is 11.4 Å². The fourth-order valence-corrected chi connectivity index (χ4v) is 1.70. The van der Waals surface area contributed by atoms with Gasteiger partial charge in [-0.1, -0.05) is 12.1 Å². The van der Waals surface area contributed by atoms with Crippen molar-refractivity contribution in [2.75, 3.05) is 5.73 Å². The molecule has 0 aliphatic carbocycles. The summed E-state index contributed by atoms with van der Waals surface area (Å²) in [7, 11) is 1.90. The van der Waals surface area contributed by atoms with Gasteiger partial charge in [0.05, 0.1) is 13.0 Å². The van der Waals surface area contributed by atoms with Gasteiger partial charge in [-0.3, -0.25) is 4.79 Å². The highest BCUT2D eigenvalue weighted by atomic mass is 16.1. The number of nitrogens with one attached hydrogen (secondary N) is 1. The first-order chi connectivity index (χ1) is 8.65. The average Bonchev–Trinajstić information content (AvgIpc) is 2.72. The Morgan fingerprint density at radius 1 is 1.50 bits per heavy atom. The lowest BCUT2D eigenvalue weighted by Crippen LogP contribution is -2.25. The fraction of sp³-hybridized carbons (Fsp3) is 0.231. The Morgan fingerprint density at radius 3 is 3.00 bits per heavy atom. The zero-order valence-electron chi connectivity index (χ0n) is 10.3. The molecule has 0 radical (unpaired) electrons. The van der Waals surface area contributed by atoms with Crippen LogP contribution in [0.3, 0.4) is 0 Å². The summed E-state index contributed by atoms with van der Waals surface area (Å²) < 4.78 is 1.88. The van der Waals surface area contributed by atoms with Crippen molar-refractivity contribution in [3.05, 3.63) is 48.0 Å². The Balaban J connectivity index is 1.88. The number of aromatic nitrogens is 2. The topological polar surface area (TPSA) is 72.9 Å². The minimum atomic E-state index is -0.0383. The lowest BCUT2D eigenvalue weighted by Gasteiger charge is -2.06. The maximum absolute atomic E-state index is 11.7. The fourth-order valence-electron chi connectivity index (χ4n) is 1.70. The molecule has 5 heteroatoms. The van der Waals surface area contributed by atoms with Crippen LogP contribution in [0.25, 0.3) is 0 Å². The van der Waals surface area contributed by atoms with E-state index in [9.17, 15) is 4.79 Å². The van der Waals surface area contributed by atoms with E-state index in [0.29, 0.717) is 18.7 Å². The molecule has 18 heavy (non-hydrogen) atoms. The molecule has 0 spiro atoms. The summed E-state index contributed by atoms with van der Waals surface area (Å²) in [6.07, 6.45) is 3.88. The maximum Gasteiger partial charge on any atom is 0.224 e. The first-order valence-corrected chi connectivity index (χ1v) is 5.72. The van der Waals surface area contributed by atoms with Gasteiger partial charge in [0.2, 0.25) is 5.91 Å². The molecule has 0 unspecified atom stereocenters. The van der Waals surface area contributed by atoms with Crippen molar-refractivity contribution in [1.29, 1.82) is 0 Å². The number of rotatable bonds is 4. The van der Waals surface area contributed by atoms with Gasteiger partial charge in [-0.05, 0) is 17.7 Å². The molecule has 1 aromatic carbocycles. The first-order valence-electron chi connectivity index (χ1n) is 5.72. The van der Waals surface area contributed by atoms with Crippen molar-refractivity contribution in [2.45, 2.75) is 13.0 Å². The lowest BCUT2D eigenvalue weighted by molar-refractivity contribution is -0.120. The predicted octanol–water partition coefficient (Wildman–Crippen LogP) is 0.861. The number of aryl methyl sites for hydroxylation is 1. The van der Waals surface area contributed by atoms with Crippen LogP contribution < -0.4 is 11.1 Å². The molecule has 3 N–H and O–H groups in total. The maximum atomic E-state index is 11.7. The summed E-state index contributed by atoms with van der Waals surface area (Å²) in [5, 5.41) is 2.83. The Kier molecular flexibility index (Phi) is 3.62. The number of anilines is 1. The molecule has 1 aromatic heterocycles. The van der Waals surface area contributed by atoms with Crippen molar-refractivity contribution < 1.29 is 4.79 Å². The Morgan fingerprint density at radius 2 is 2.33 bits per heavy atom. The zero-order chi connectivity index (χ0) is 13.0. The van der Waals surface area contributed by atoms with Crippen LogP contribution in [0.1, 0.15) is 11.4 Å². The molecule has 0 atom stereocenters. The van der Waals surface area contributed by atoms with E-state index in [1.807, 2.05) is 29.9 Å². The molecule has 0 aliphatic heterocycles. The van der Waals surface area contributed by atoms with Crippen LogP contribution in [0.2, 0.25) is 0 Å². The Labute approximate surface area is 106 Å². The van der Waals surface area contributed by atoms with Crippen LogP contribution in [0.4, 0.5) is 5.69 Å². The smallest absolute Gasteiger partial charge is 0.224 e. The number of benzene rings is 1. The van der Waals surface area contributed by atoms with Crippen LogP contribution >= 0.6 is 0 Å². The highest BCUT2D eigenvalue weighted by Crippen LogP contribution is 2.07. The first kappa shape index (κ1) is 12.2. The van der Waals surface area contributed by atoms with Gasteiger partial charge in [0.15, 0.2) is 0 Å². The number of nitrogen functional groups attached to an aromatic ring is 1. The van der Waals surface area contributed by atoms with Gasteiger partial charge in [0.25, 0.3) is 0 Å². The largest absolute Gasteiger partial charge is 0.399 e. The van der Waals surface area contributed by atoms with Crippen LogP contribution in [0.5, 0.6) is 0 Å². The number of hydrogen-bond acceptors (Lipinski definition) is 3. The van der Waals surface area contributed by atoms with E-state index in [1.54, 1.807) is 18.3 Å². The third-order valence-electron chi connectivity index (χ3n) is 2.68. The van der Waals surface area contributed by atoms with E-state index in [1.165, 1.54) is 0 Å². The van der Waals surface area contributed by atoms with Crippen LogP contribution in [-0.2, 0) is 24.8 Å². The third-order valence-corrected chi connectivity index (χ3v) is 2.68. The summed E-state index contributed by atoms with van der Waals surface area (Å²) in [4.78, 5) is 15.9. The number of carbonyl (C=O) groups excluding carboxylic acids is 1. The molecule has 0 fully saturated rings. The molecule has 2 rings (SSSR count). The van der Waals surface area contributed by atoms with Gasteiger partial charge in [-0.25, -0.2) is 4.98 Å². The molecular formula is C13H16N4O. The van der Waals surface area contributed by atoms with E-state index in [2.05, 4.69) is 10.3 Å². The van der Waals surface area contributed by atoms with Crippen molar-refractivity contribution in [3.63, 3.8) is 0 Å². The van der Waals surface area contributed by atoms with E-state index in [4.69, 9.17) is 5.73 Å². The number of hydrogen-bond donors (Lipinski definition) is 2. The second-order valence-corrected chi connectivity index (χ2v) is 4.15. The normalized spacial score (nSPS) is 10.3. The van der Waals surface area contributed by atoms with Gasteiger partial charge >= 0.3 is 0 Å². The minimum absolute atomic E-state index is 0.0383. The second-order valence-electron chi connectivity index (χ2n) is 4.15. The van der Waals surface area contributed by atoms with Gasteiger partial charge in [-0.2, -0.15) is 0 Å². The number of nitrogens with two attached hydrogens (primary N) is 1. The molecule has 5 nitrogen and oxygen atoms in total. The Hall–Kier alpha value is -2.30. The molecule has 1 heterocycles. The van der Waals surface area contributed by atoms with Gasteiger partial charge in [0, 0.05) is 25.1 Å². The molecule has 0 saturated heterocycles. The molecule has 0 aliphatic rings. The van der Waals surface area contributed by atoms with Crippen LogP contribution in [-0.4, -0.2) is 15.5 Å². The molecule has 1 amide bonds. The van der Waals surface area contributed by atoms with Crippen molar-refractivity contribution in [1.82, 2.24) is 14.9 Å². The lowest BCUT2D eigenvalue weighted by atomic mass is 10.1. The zero-order valence-corrected chi connectivity index (χ0v) is 10.3. The standard InChI is InChI=1S/C13H16N4O/c1-17-6-5-15-12(17)9-16-13(18)8-10-3-2-4-11(14)7-10/h2-7H,8-9,14H2,1H3,(H,16,18). The number of imidazole rings is 1. The summed E-state index contributed by atoms with van der Waals surface area (Å²) in [6, 6.07) is 7.34. The van der Waals surface area contributed by atoms with Crippen molar-refractivity contribution in [3.8, 4) is 0 Å². The average molecular weight is 244 g/mol. The van der Waals surface area contributed by atoms with Crippen LogP contribution in [0, 0.1) is 0 Å². The number of nitrogens with zero attached hydrogens (tertiary/aromatic N) is 2. The summed E-state index contributed by atoms with van der Waals surface area (Å²) >= 11 is 0. The summed E-state index contributed by atoms with van der Waals surface area (Å²) in [5.41, 5.74) is 7.24. The van der Waals surface area contributed by atoms with Gasteiger partial charge in [-0.15, -0.1) is 0 Å². The van der Waals surface area contributed by atoms with Gasteiger partial charge < -0.3 is 15.6 Å². The van der Waals surface area contributed by atoms with E-state index >= 15 is 0 Å². The predicted molar refractivity (Wildman–Crippen MR) is 69.6 cm³/mol. The van der Waals surface area contributed by atoms with Crippen molar-refractivity contribution >= 4 is 11.6 Å². The van der Waals surface area contributed by atoms with E-state index in [-0.39, 0.29) is 5.91 Å². The quantitative estimate of drug-likeness (QED) is 0.783. The summed E-state index contributed by atoms with van der Waals surface area (Å²) in [6.45, 7) is 0.435. The monoisotopic (exact) mass is 244 g/mol. The molecule has 0 saturated carbocycles. The highest BCUT2D eigenvalue weighted by molar-refractivity contribution is 5.78. The second kappa shape index (κ2) is 5.35. The summed E-state index contributed by atoms with van der Waals surface area (Å²) in [5.74, 6) is 0.791. The SMILES string of the molecule is Cn1ccnc1CNC(=O)Cc1cccc(N)c1. The number of carbonyl (C=O) groups is 1. The van der Waals surface area contributed by atoms with Gasteiger partial charge in [0.1, 0.15) is 5.82 Å². The molecular weight excluding hydrogens is 228 g/mol. The third kappa shape index (κ3) is 3.10.